The predicted molar refractivity (Wildman–Crippen MR) is 48.8 cm³/mol. The van der Waals surface area contributed by atoms with Crippen molar-refractivity contribution in [3.05, 3.63) is 30.1 Å². The van der Waals surface area contributed by atoms with Gasteiger partial charge >= 0.3 is 0 Å². The molecule has 0 aliphatic carbocycles. The molecule has 0 spiro atoms. The molecule has 2 heteroatoms. The molecular formula is C10H14N2. The van der Waals surface area contributed by atoms with Crippen molar-refractivity contribution in [2.24, 2.45) is 0 Å². The Kier molecular flexibility index (Phi) is 1.78. The number of likely N-dealkylation sites (tertiary alicyclic amines) is 1. The fourth-order valence-corrected chi connectivity index (χ4v) is 1.70. The first-order valence-corrected chi connectivity index (χ1v) is 4.34. The van der Waals surface area contributed by atoms with Gasteiger partial charge in [0.15, 0.2) is 0 Å². The van der Waals surface area contributed by atoms with Crippen LogP contribution in [-0.2, 0) is 0 Å². The summed E-state index contributed by atoms with van der Waals surface area (Å²) in [6, 6.07) is 6.33. The van der Waals surface area contributed by atoms with E-state index in [2.05, 4.69) is 9.88 Å². The molecule has 64 valence electrons. The summed E-state index contributed by atoms with van der Waals surface area (Å²) in [5.74, 6) is 0. The third kappa shape index (κ3) is 1.34. The van der Waals surface area contributed by atoms with Crippen molar-refractivity contribution < 1.29 is 1.37 Å². The summed E-state index contributed by atoms with van der Waals surface area (Å²) < 4.78 is 7.72. The number of nitrogens with zero attached hydrogens (tertiary/aromatic N) is 2. The van der Waals surface area contributed by atoms with Crippen LogP contribution in [0.15, 0.2) is 24.4 Å². The van der Waals surface area contributed by atoms with Crippen LogP contribution in [0, 0.1) is 0 Å². The average molecular weight is 163 g/mol. The average Bonchev–Trinajstić information content (AvgIpc) is 2.49. The van der Waals surface area contributed by atoms with E-state index in [1.165, 1.54) is 0 Å². The number of rotatable bonds is 1. The Morgan fingerprint density at radius 1 is 1.67 bits per heavy atom. The van der Waals surface area contributed by atoms with Crippen LogP contribution in [0.1, 0.15) is 25.9 Å². The minimum absolute atomic E-state index is 0.0491. The van der Waals surface area contributed by atoms with E-state index in [4.69, 9.17) is 1.37 Å². The van der Waals surface area contributed by atoms with Gasteiger partial charge in [-0.15, -0.1) is 0 Å². The van der Waals surface area contributed by atoms with Crippen LogP contribution < -0.4 is 0 Å². The summed E-state index contributed by atoms with van der Waals surface area (Å²) in [7, 11) is 2.00. The third-order valence-electron chi connectivity index (χ3n) is 2.38. The molecular weight excluding hydrogens is 148 g/mol. The standard InChI is InChI=1S/C10H14N2/c1-12-8-4-6-10(12)9-5-2-3-7-11-9/h2-3,5,7,10H,4,6,8H2,1H3/t10-/m0/s1/i8D/t8-,10+/m1. The van der Waals surface area contributed by atoms with E-state index >= 15 is 0 Å². The van der Waals surface area contributed by atoms with Gasteiger partial charge in [0.2, 0.25) is 0 Å². The minimum atomic E-state index is -0.0491. The summed E-state index contributed by atoms with van der Waals surface area (Å²) in [6.45, 7) is -0.0491. The first-order chi connectivity index (χ1) is 6.29. The molecule has 1 aromatic heterocycles. The number of aromatic nitrogens is 1. The Morgan fingerprint density at radius 2 is 2.58 bits per heavy atom. The second-order valence-corrected chi connectivity index (χ2v) is 3.20. The molecule has 0 N–H and O–H groups in total. The Bertz CT molecular complexity index is 276. The van der Waals surface area contributed by atoms with E-state index in [0.717, 1.165) is 18.5 Å². The van der Waals surface area contributed by atoms with Gasteiger partial charge in [0.1, 0.15) is 0 Å². The normalized spacial score (nSPS) is 31.9. The molecule has 0 aromatic carbocycles. The zero-order valence-corrected chi connectivity index (χ0v) is 7.27. The monoisotopic (exact) mass is 163 g/mol. The van der Waals surface area contributed by atoms with Crippen molar-refractivity contribution in [3.63, 3.8) is 0 Å². The zero-order chi connectivity index (χ0) is 9.26. The van der Waals surface area contributed by atoms with Gasteiger partial charge in [-0.3, -0.25) is 9.88 Å². The van der Waals surface area contributed by atoms with Crippen molar-refractivity contribution >= 4 is 0 Å². The van der Waals surface area contributed by atoms with E-state index < -0.39 is 0 Å². The van der Waals surface area contributed by atoms with Gasteiger partial charge < -0.3 is 0 Å². The van der Waals surface area contributed by atoms with E-state index in [9.17, 15) is 0 Å². The molecule has 0 amide bonds. The Morgan fingerprint density at radius 3 is 3.17 bits per heavy atom. The Balaban J connectivity index is 2.19. The second kappa shape index (κ2) is 3.23. The van der Waals surface area contributed by atoms with Crippen LogP contribution in [-0.4, -0.2) is 23.5 Å². The maximum atomic E-state index is 7.72. The molecule has 0 saturated carbocycles. The largest absolute Gasteiger partial charge is 0.298 e. The minimum Gasteiger partial charge on any atom is -0.298 e. The summed E-state index contributed by atoms with van der Waals surface area (Å²) >= 11 is 0. The quantitative estimate of drug-likeness (QED) is 0.628. The highest BCUT2D eigenvalue weighted by molar-refractivity contribution is 5.09. The lowest BCUT2D eigenvalue weighted by atomic mass is 10.1. The van der Waals surface area contributed by atoms with E-state index in [0.29, 0.717) is 6.04 Å². The Labute approximate surface area is 74.6 Å². The highest BCUT2D eigenvalue weighted by atomic mass is 15.2. The maximum Gasteiger partial charge on any atom is 0.0575 e. The molecule has 2 heterocycles. The van der Waals surface area contributed by atoms with Crippen molar-refractivity contribution in [2.45, 2.75) is 18.9 Å². The number of hydrogen-bond donors (Lipinski definition) is 0. The van der Waals surface area contributed by atoms with Gasteiger partial charge in [-0.1, -0.05) is 6.07 Å². The molecule has 1 aliphatic heterocycles. The predicted octanol–water partition coefficient (Wildman–Crippen LogP) is 1.85. The lowest BCUT2D eigenvalue weighted by Crippen LogP contribution is -2.18. The summed E-state index contributed by atoms with van der Waals surface area (Å²) in [4.78, 5) is 6.41. The SMILES string of the molecule is [2H][C@@H]1CC[C@@H](c2ccccn2)N1C. The molecule has 0 bridgehead atoms. The fourth-order valence-electron chi connectivity index (χ4n) is 1.70. The smallest absolute Gasteiger partial charge is 0.0575 e. The number of hydrogen-bond acceptors (Lipinski definition) is 2. The molecule has 1 aromatic rings. The van der Waals surface area contributed by atoms with Gasteiger partial charge in [-0.05, 0) is 38.5 Å². The molecule has 12 heavy (non-hydrogen) atoms. The van der Waals surface area contributed by atoms with Crippen LogP contribution in [0.2, 0.25) is 0 Å². The molecule has 1 aliphatic rings. The molecule has 1 saturated heterocycles. The van der Waals surface area contributed by atoms with Crippen LogP contribution in [0.25, 0.3) is 0 Å². The first-order valence-electron chi connectivity index (χ1n) is 4.92. The third-order valence-corrected chi connectivity index (χ3v) is 2.38. The second-order valence-electron chi connectivity index (χ2n) is 3.20. The molecule has 0 radical (unpaired) electrons. The molecule has 2 rings (SSSR count). The van der Waals surface area contributed by atoms with Gasteiger partial charge in [0.05, 0.1) is 11.7 Å². The van der Waals surface area contributed by atoms with E-state index in [1.807, 2.05) is 31.4 Å². The highest BCUT2D eigenvalue weighted by Crippen LogP contribution is 2.28. The van der Waals surface area contributed by atoms with Crippen molar-refractivity contribution in [1.29, 1.82) is 0 Å². The lowest BCUT2D eigenvalue weighted by molar-refractivity contribution is 0.312. The van der Waals surface area contributed by atoms with Crippen LogP contribution in [0.3, 0.4) is 0 Å². The molecule has 0 unspecified atom stereocenters. The van der Waals surface area contributed by atoms with Gasteiger partial charge in [-0.2, -0.15) is 0 Å². The highest BCUT2D eigenvalue weighted by Gasteiger charge is 2.22. The van der Waals surface area contributed by atoms with Crippen molar-refractivity contribution in [3.8, 4) is 0 Å². The van der Waals surface area contributed by atoms with E-state index in [-0.39, 0.29) is 6.52 Å². The lowest BCUT2D eigenvalue weighted by Gasteiger charge is -2.18. The maximum absolute atomic E-state index is 7.72. The fraction of sp³-hybridized carbons (Fsp3) is 0.500. The van der Waals surface area contributed by atoms with Gasteiger partial charge in [0.25, 0.3) is 0 Å². The topological polar surface area (TPSA) is 16.1 Å². The summed E-state index contributed by atoms with van der Waals surface area (Å²) in [5.41, 5.74) is 1.10. The van der Waals surface area contributed by atoms with Gasteiger partial charge in [-0.25, -0.2) is 0 Å². The molecule has 1 fully saturated rings. The zero-order valence-electron chi connectivity index (χ0n) is 8.27. The number of pyridine rings is 1. The summed E-state index contributed by atoms with van der Waals surface area (Å²) in [5, 5.41) is 0. The first kappa shape index (κ1) is 6.61. The van der Waals surface area contributed by atoms with E-state index in [1.54, 1.807) is 0 Å². The summed E-state index contributed by atoms with van der Waals surface area (Å²) in [6.07, 6.45) is 3.83. The van der Waals surface area contributed by atoms with Crippen molar-refractivity contribution in [2.75, 3.05) is 13.6 Å². The Hall–Kier alpha value is -0.890. The van der Waals surface area contributed by atoms with Crippen LogP contribution in [0.5, 0.6) is 0 Å². The van der Waals surface area contributed by atoms with Crippen molar-refractivity contribution in [1.82, 2.24) is 9.88 Å². The molecule has 2 nitrogen and oxygen atoms in total. The molecule has 2 atom stereocenters. The van der Waals surface area contributed by atoms with Crippen LogP contribution in [0.4, 0.5) is 0 Å². The van der Waals surface area contributed by atoms with Crippen LogP contribution >= 0.6 is 0 Å². The van der Waals surface area contributed by atoms with Gasteiger partial charge in [0, 0.05) is 7.57 Å².